The number of nitrogens with one attached hydrogen (secondary N) is 1. The molecular weight excluding hydrogens is 244 g/mol. The van der Waals surface area contributed by atoms with Gasteiger partial charge in [0.25, 0.3) is 0 Å². The molecule has 0 saturated heterocycles. The van der Waals surface area contributed by atoms with Crippen LogP contribution in [-0.2, 0) is 4.79 Å². The number of rotatable bonds is 3. The minimum Gasteiger partial charge on any atom is -0.409 e. The number of halogens is 2. The average molecular weight is 255 g/mol. The lowest BCUT2D eigenvalue weighted by molar-refractivity contribution is -0.119. The first-order valence-corrected chi connectivity index (χ1v) is 5.24. The first kappa shape index (κ1) is 12.3. The Morgan fingerprint density at radius 2 is 2.11 bits per heavy atom. The van der Waals surface area contributed by atoms with Crippen molar-refractivity contribution in [3.05, 3.63) is 29.8 Å². The molecule has 0 heterocycles. The van der Waals surface area contributed by atoms with Gasteiger partial charge >= 0.3 is 0 Å². The summed E-state index contributed by atoms with van der Waals surface area (Å²) in [7, 11) is 0. The average Bonchev–Trinajstić information content (AvgIpc) is 3.13. The normalized spacial score (nSPS) is 17.3. The topological polar surface area (TPSA) is 87.7 Å². The summed E-state index contributed by atoms with van der Waals surface area (Å²) in [6.45, 7) is 0. The maximum atomic E-state index is 13.3. The molecule has 7 heteroatoms. The predicted molar refractivity (Wildman–Crippen MR) is 60.1 cm³/mol. The second-order valence-electron chi connectivity index (χ2n) is 4.15. The van der Waals surface area contributed by atoms with Crippen LogP contribution in [0.5, 0.6) is 0 Å². The Morgan fingerprint density at radius 1 is 1.44 bits per heavy atom. The molecule has 96 valence electrons. The standard InChI is InChI=1S/C11H11F2N3O2/c12-6-1-2-8(7(13)5-6)15-10(17)11(3-4-11)9(14)16-18/h1-2,5,18H,3-4H2,(H2,14,16)(H,15,17). The van der Waals surface area contributed by atoms with Gasteiger partial charge in [-0.25, -0.2) is 8.78 Å². The zero-order valence-electron chi connectivity index (χ0n) is 9.28. The van der Waals surface area contributed by atoms with Crippen molar-refractivity contribution in [1.82, 2.24) is 0 Å². The van der Waals surface area contributed by atoms with Gasteiger partial charge in [0, 0.05) is 6.07 Å². The van der Waals surface area contributed by atoms with E-state index in [1.165, 1.54) is 0 Å². The largest absolute Gasteiger partial charge is 0.409 e. The fourth-order valence-corrected chi connectivity index (χ4v) is 1.65. The van der Waals surface area contributed by atoms with Crippen molar-refractivity contribution in [1.29, 1.82) is 0 Å². The number of amidine groups is 1. The van der Waals surface area contributed by atoms with E-state index < -0.39 is 23.0 Å². The van der Waals surface area contributed by atoms with E-state index >= 15 is 0 Å². The van der Waals surface area contributed by atoms with Crippen LogP contribution in [0, 0.1) is 17.0 Å². The highest BCUT2D eigenvalue weighted by Crippen LogP contribution is 2.46. The number of hydrogen-bond donors (Lipinski definition) is 3. The van der Waals surface area contributed by atoms with Crippen molar-refractivity contribution in [3.63, 3.8) is 0 Å². The maximum Gasteiger partial charge on any atom is 0.238 e. The summed E-state index contributed by atoms with van der Waals surface area (Å²) < 4.78 is 26.0. The SMILES string of the molecule is N/C(=N/O)C1(C(=O)Nc2ccc(F)cc2F)CC1. The zero-order chi connectivity index (χ0) is 13.3. The van der Waals surface area contributed by atoms with E-state index in [0.717, 1.165) is 12.1 Å². The first-order chi connectivity index (χ1) is 8.49. The minimum absolute atomic E-state index is 0.140. The monoisotopic (exact) mass is 255 g/mol. The van der Waals surface area contributed by atoms with Crippen molar-refractivity contribution in [2.24, 2.45) is 16.3 Å². The van der Waals surface area contributed by atoms with E-state index in [9.17, 15) is 13.6 Å². The summed E-state index contributed by atoms with van der Waals surface area (Å²) >= 11 is 0. The molecule has 1 amide bonds. The van der Waals surface area contributed by atoms with E-state index in [-0.39, 0.29) is 11.5 Å². The van der Waals surface area contributed by atoms with Crippen molar-refractivity contribution in [2.45, 2.75) is 12.8 Å². The second-order valence-corrected chi connectivity index (χ2v) is 4.15. The Kier molecular flexibility index (Phi) is 2.90. The predicted octanol–water partition coefficient (Wildman–Crippen LogP) is 1.43. The molecule has 0 aliphatic heterocycles. The van der Waals surface area contributed by atoms with Crippen LogP contribution in [0.15, 0.2) is 23.4 Å². The molecule has 0 spiro atoms. The number of anilines is 1. The van der Waals surface area contributed by atoms with Gasteiger partial charge in [0.1, 0.15) is 17.0 Å². The molecule has 1 aliphatic rings. The Morgan fingerprint density at radius 3 is 2.61 bits per heavy atom. The number of carbonyl (C=O) groups is 1. The van der Waals surface area contributed by atoms with Crippen LogP contribution in [-0.4, -0.2) is 17.0 Å². The van der Waals surface area contributed by atoms with Gasteiger partial charge in [0.05, 0.1) is 5.69 Å². The molecule has 0 bridgehead atoms. The van der Waals surface area contributed by atoms with Crippen molar-refractivity contribution in [3.8, 4) is 0 Å². The number of oxime groups is 1. The summed E-state index contributed by atoms with van der Waals surface area (Å²) in [4.78, 5) is 11.9. The molecule has 0 aromatic heterocycles. The summed E-state index contributed by atoms with van der Waals surface area (Å²) in [6, 6.07) is 2.81. The molecule has 4 N–H and O–H groups in total. The summed E-state index contributed by atoms with van der Waals surface area (Å²) in [5, 5.41) is 13.7. The van der Waals surface area contributed by atoms with Crippen LogP contribution in [0.4, 0.5) is 14.5 Å². The lowest BCUT2D eigenvalue weighted by Gasteiger charge is -2.13. The lowest BCUT2D eigenvalue weighted by atomic mass is 10.1. The van der Waals surface area contributed by atoms with Gasteiger partial charge in [-0.15, -0.1) is 0 Å². The third-order valence-corrected chi connectivity index (χ3v) is 2.96. The van der Waals surface area contributed by atoms with Gasteiger partial charge in [0.15, 0.2) is 5.84 Å². The maximum absolute atomic E-state index is 13.3. The van der Waals surface area contributed by atoms with Crippen LogP contribution in [0.25, 0.3) is 0 Å². The molecule has 0 atom stereocenters. The number of benzene rings is 1. The smallest absolute Gasteiger partial charge is 0.238 e. The van der Waals surface area contributed by atoms with Crippen molar-refractivity contribution in [2.75, 3.05) is 5.32 Å². The molecule has 2 rings (SSSR count). The molecule has 0 radical (unpaired) electrons. The van der Waals surface area contributed by atoms with Crippen LogP contribution in [0.3, 0.4) is 0 Å². The molecule has 1 aromatic rings. The summed E-state index contributed by atoms with van der Waals surface area (Å²) in [5.74, 6) is -2.38. The Balaban J connectivity index is 2.18. The molecule has 5 nitrogen and oxygen atoms in total. The van der Waals surface area contributed by atoms with Gasteiger partial charge in [-0.3, -0.25) is 4.79 Å². The Bertz CT molecular complexity index is 527. The number of nitrogens with two attached hydrogens (primary N) is 1. The third-order valence-electron chi connectivity index (χ3n) is 2.96. The Labute approximate surface area is 101 Å². The van der Waals surface area contributed by atoms with Gasteiger partial charge in [-0.1, -0.05) is 5.16 Å². The molecular formula is C11H11F2N3O2. The van der Waals surface area contributed by atoms with Crippen LogP contribution >= 0.6 is 0 Å². The molecule has 1 aromatic carbocycles. The first-order valence-electron chi connectivity index (χ1n) is 5.24. The van der Waals surface area contributed by atoms with Crippen LogP contribution < -0.4 is 11.1 Å². The molecule has 0 unspecified atom stereocenters. The van der Waals surface area contributed by atoms with Gasteiger partial charge in [-0.05, 0) is 25.0 Å². The van der Waals surface area contributed by atoms with Crippen molar-refractivity contribution >= 4 is 17.4 Å². The fourth-order valence-electron chi connectivity index (χ4n) is 1.65. The highest BCUT2D eigenvalue weighted by Gasteiger charge is 2.54. The second kappa shape index (κ2) is 4.25. The summed E-state index contributed by atoms with van der Waals surface area (Å²) in [5.41, 5.74) is 4.20. The van der Waals surface area contributed by atoms with Gasteiger partial charge in [0.2, 0.25) is 5.91 Å². The Hall–Kier alpha value is -2.18. The molecule has 1 fully saturated rings. The number of amides is 1. The molecule has 18 heavy (non-hydrogen) atoms. The van der Waals surface area contributed by atoms with Crippen LogP contribution in [0.1, 0.15) is 12.8 Å². The third kappa shape index (κ3) is 1.99. The number of hydrogen-bond acceptors (Lipinski definition) is 3. The highest BCUT2D eigenvalue weighted by atomic mass is 19.1. The van der Waals surface area contributed by atoms with Gasteiger partial charge < -0.3 is 16.3 Å². The van der Waals surface area contributed by atoms with Gasteiger partial charge in [-0.2, -0.15) is 0 Å². The van der Waals surface area contributed by atoms with Crippen molar-refractivity contribution < 1.29 is 18.8 Å². The fraction of sp³-hybridized carbons (Fsp3) is 0.273. The zero-order valence-corrected chi connectivity index (χ0v) is 9.28. The lowest BCUT2D eigenvalue weighted by Crippen LogP contribution is -2.36. The van der Waals surface area contributed by atoms with E-state index in [4.69, 9.17) is 10.9 Å². The highest BCUT2D eigenvalue weighted by molar-refractivity contribution is 6.14. The van der Waals surface area contributed by atoms with E-state index in [1.807, 2.05) is 0 Å². The molecule has 1 saturated carbocycles. The van der Waals surface area contributed by atoms with E-state index in [2.05, 4.69) is 10.5 Å². The number of nitrogens with zero attached hydrogens (tertiary/aromatic N) is 1. The minimum atomic E-state index is -1.07. The van der Waals surface area contributed by atoms with E-state index in [1.54, 1.807) is 0 Å². The number of carbonyl (C=O) groups excluding carboxylic acids is 1. The molecule has 1 aliphatic carbocycles. The quantitative estimate of drug-likeness (QED) is 0.330. The van der Waals surface area contributed by atoms with Crippen LogP contribution in [0.2, 0.25) is 0 Å². The van der Waals surface area contributed by atoms with E-state index in [0.29, 0.717) is 18.9 Å². The summed E-state index contributed by atoms with van der Waals surface area (Å²) in [6.07, 6.45) is 0.856.